The zero-order valence-corrected chi connectivity index (χ0v) is 12.4. The standard InChI is InChI=1S/C11H13Cl2NO4S/c1-2-3-10(11(15)16)14-19(17,18)9-5-7(12)4-8(13)6-9/h4-6,10,14H,2-3H2,1H3,(H,15,16). The molecule has 1 atom stereocenters. The molecule has 0 aliphatic carbocycles. The van der Waals surface area contributed by atoms with E-state index in [0.717, 1.165) is 0 Å². The molecule has 0 heterocycles. The lowest BCUT2D eigenvalue weighted by Gasteiger charge is -2.14. The van der Waals surface area contributed by atoms with E-state index < -0.39 is 22.0 Å². The van der Waals surface area contributed by atoms with E-state index in [0.29, 0.717) is 6.42 Å². The summed E-state index contributed by atoms with van der Waals surface area (Å²) in [6.07, 6.45) is 0.735. The van der Waals surface area contributed by atoms with Crippen LogP contribution in [0.3, 0.4) is 0 Å². The molecule has 2 N–H and O–H groups in total. The molecule has 1 aromatic rings. The summed E-state index contributed by atoms with van der Waals surface area (Å²) in [6, 6.07) is 2.64. The van der Waals surface area contributed by atoms with Gasteiger partial charge >= 0.3 is 5.97 Å². The summed E-state index contributed by atoms with van der Waals surface area (Å²) in [5.41, 5.74) is 0. The number of aliphatic carboxylic acids is 1. The summed E-state index contributed by atoms with van der Waals surface area (Å²) in [5, 5.41) is 9.27. The quantitative estimate of drug-likeness (QED) is 0.841. The molecule has 0 bridgehead atoms. The Morgan fingerprint density at radius 1 is 1.32 bits per heavy atom. The van der Waals surface area contributed by atoms with Crippen LogP contribution >= 0.6 is 23.2 Å². The first kappa shape index (κ1) is 16.2. The number of nitrogens with one attached hydrogen (secondary N) is 1. The van der Waals surface area contributed by atoms with Crippen molar-refractivity contribution in [2.24, 2.45) is 0 Å². The normalized spacial score (nSPS) is 13.2. The van der Waals surface area contributed by atoms with Crippen molar-refractivity contribution in [1.29, 1.82) is 0 Å². The Bertz CT molecular complexity index is 554. The van der Waals surface area contributed by atoms with Crippen molar-refractivity contribution in [1.82, 2.24) is 4.72 Å². The summed E-state index contributed by atoms with van der Waals surface area (Å²) in [5.74, 6) is -1.22. The van der Waals surface area contributed by atoms with E-state index in [-0.39, 0.29) is 21.4 Å². The van der Waals surface area contributed by atoms with Gasteiger partial charge in [-0.25, -0.2) is 8.42 Å². The molecule has 5 nitrogen and oxygen atoms in total. The van der Waals surface area contributed by atoms with E-state index in [2.05, 4.69) is 4.72 Å². The smallest absolute Gasteiger partial charge is 0.321 e. The number of carboxylic acids is 1. The molecular weight excluding hydrogens is 313 g/mol. The summed E-state index contributed by atoms with van der Waals surface area (Å²) in [7, 11) is -3.97. The lowest BCUT2D eigenvalue weighted by atomic mass is 10.2. The molecule has 0 saturated heterocycles. The first-order valence-electron chi connectivity index (χ1n) is 5.47. The van der Waals surface area contributed by atoms with E-state index in [1.807, 2.05) is 0 Å². The molecule has 0 radical (unpaired) electrons. The molecule has 0 amide bonds. The lowest BCUT2D eigenvalue weighted by Crippen LogP contribution is -2.40. The van der Waals surface area contributed by atoms with Crippen LogP contribution in [0.15, 0.2) is 23.1 Å². The van der Waals surface area contributed by atoms with Gasteiger partial charge in [-0.15, -0.1) is 0 Å². The van der Waals surface area contributed by atoms with Gasteiger partial charge in [-0.2, -0.15) is 4.72 Å². The summed E-state index contributed by atoms with van der Waals surface area (Å²) in [6.45, 7) is 1.76. The second-order valence-corrected chi connectivity index (χ2v) is 6.49. The van der Waals surface area contributed by atoms with Gasteiger partial charge in [0.2, 0.25) is 10.0 Å². The van der Waals surface area contributed by atoms with Crippen molar-refractivity contribution >= 4 is 39.2 Å². The zero-order chi connectivity index (χ0) is 14.6. The van der Waals surface area contributed by atoms with Crippen LogP contribution in [0, 0.1) is 0 Å². The highest BCUT2D eigenvalue weighted by Crippen LogP contribution is 2.22. The molecule has 0 aliphatic rings. The first-order chi connectivity index (χ1) is 8.76. The maximum Gasteiger partial charge on any atom is 0.321 e. The summed E-state index contributed by atoms with van der Waals surface area (Å²) >= 11 is 11.4. The Labute approximate surface area is 121 Å². The Morgan fingerprint density at radius 2 is 1.84 bits per heavy atom. The third-order valence-electron chi connectivity index (χ3n) is 2.32. The van der Waals surface area contributed by atoms with Crippen LogP contribution in [-0.4, -0.2) is 25.5 Å². The van der Waals surface area contributed by atoms with Gasteiger partial charge in [-0.05, 0) is 24.6 Å². The zero-order valence-electron chi connectivity index (χ0n) is 10.1. The van der Waals surface area contributed by atoms with E-state index in [1.165, 1.54) is 18.2 Å². The molecule has 19 heavy (non-hydrogen) atoms. The fraction of sp³-hybridized carbons (Fsp3) is 0.364. The lowest BCUT2D eigenvalue weighted by molar-refractivity contribution is -0.139. The number of carbonyl (C=O) groups is 1. The van der Waals surface area contributed by atoms with Gasteiger partial charge < -0.3 is 5.11 Å². The molecule has 0 saturated carbocycles. The third-order valence-corrected chi connectivity index (χ3v) is 4.21. The molecule has 1 aromatic carbocycles. The van der Waals surface area contributed by atoms with Crippen LogP contribution in [0.4, 0.5) is 0 Å². The van der Waals surface area contributed by atoms with Gasteiger partial charge in [-0.3, -0.25) is 4.79 Å². The number of rotatable bonds is 6. The molecule has 0 fully saturated rings. The van der Waals surface area contributed by atoms with E-state index >= 15 is 0 Å². The highest BCUT2D eigenvalue weighted by molar-refractivity contribution is 7.89. The van der Waals surface area contributed by atoms with Crippen LogP contribution in [0.5, 0.6) is 0 Å². The average Bonchev–Trinajstić information content (AvgIpc) is 2.26. The number of carboxylic acid groups (broad SMARTS) is 1. The van der Waals surface area contributed by atoms with Gasteiger partial charge in [0.15, 0.2) is 0 Å². The molecular formula is C11H13Cl2NO4S. The van der Waals surface area contributed by atoms with Crippen LogP contribution in [0.2, 0.25) is 10.0 Å². The number of hydrogen-bond donors (Lipinski definition) is 2. The maximum absolute atomic E-state index is 12.0. The Kier molecular flexibility index (Phi) is 5.61. The third kappa shape index (κ3) is 4.65. The topological polar surface area (TPSA) is 83.5 Å². The fourth-order valence-corrected chi connectivity index (χ4v) is 3.41. The highest BCUT2D eigenvalue weighted by Gasteiger charge is 2.25. The van der Waals surface area contributed by atoms with Crippen molar-refractivity contribution in [3.8, 4) is 0 Å². The Morgan fingerprint density at radius 3 is 2.26 bits per heavy atom. The van der Waals surface area contributed by atoms with Gasteiger partial charge in [0.25, 0.3) is 0 Å². The molecule has 1 unspecified atom stereocenters. The Balaban J connectivity index is 3.06. The van der Waals surface area contributed by atoms with Crippen LogP contribution in [0.1, 0.15) is 19.8 Å². The fourth-order valence-electron chi connectivity index (χ4n) is 1.46. The Hall–Kier alpha value is -0.820. The van der Waals surface area contributed by atoms with Crippen molar-refractivity contribution in [3.63, 3.8) is 0 Å². The minimum Gasteiger partial charge on any atom is -0.480 e. The van der Waals surface area contributed by atoms with Crippen molar-refractivity contribution in [2.75, 3.05) is 0 Å². The monoisotopic (exact) mass is 325 g/mol. The second-order valence-electron chi connectivity index (χ2n) is 3.91. The van der Waals surface area contributed by atoms with E-state index in [4.69, 9.17) is 28.3 Å². The molecule has 0 aliphatic heterocycles. The van der Waals surface area contributed by atoms with E-state index in [1.54, 1.807) is 6.92 Å². The maximum atomic E-state index is 12.0. The van der Waals surface area contributed by atoms with Gasteiger partial charge in [0.1, 0.15) is 6.04 Å². The predicted molar refractivity (Wildman–Crippen MR) is 73.1 cm³/mol. The average molecular weight is 326 g/mol. The molecule has 0 aromatic heterocycles. The predicted octanol–water partition coefficient (Wildman–Crippen LogP) is 2.53. The molecule has 8 heteroatoms. The highest BCUT2D eigenvalue weighted by atomic mass is 35.5. The van der Waals surface area contributed by atoms with Crippen molar-refractivity contribution < 1.29 is 18.3 Å². The van der Waals surface area contributed by atoms with Crippen molar-refractivity contribution in [2.45, 2.75) is 30.7 Å². The first-order valence-corrected chi connectivity index (χ1v) is 7.71. The SMILES string of the molecule is CCCC(NS(=O)(=O)c1cc(Cl)cc(Cl)c1)C(=O)O. The summed E-state index contributed by atoms with van der Waals surface area (Å²) in [4.78, 5) is 10.8. The van der Waals surface area contributed by atoms with Gasteiger partial charge in [-0.1, -0.05) is 36.5 Å². The number of sulfonamides is 1. The largest absolute Gasteiger partial charge is 0.480 e. The van der Waals surface area contributed by atoms with Crippen LogP contribution in [0.25, 0.3) is 0 Å². The minimum absolute atomic E-state index is 0.160. The second kappa shape index (κ2) is 6.56. The number of hydrogen-bond acceptors (Lipinski definition) is 3. The van der Waals surface area contributed by atoms with Crippen molar-refractivity contribution in [3.05, 3.63) is 28.2 Å². The number of benzene rings is 1. The molecule has 0 spiro atoms. The summed E-state index contributed by atoms with van der Waals surface area (Å²) < 4.78 is 26.2. The van der Waals surface area contributed by atoms with Gasteiger partial charge in [0, 0.05) is 10.0 Å². The van der Waals surface area contributed by atoms with Crippen LogP contribution < -0.4 is 4.72 Å². The number of halogens is 2. The van der Waals surface area contributed by atoms with Gasteiger partial charge in [0.05, 0.1) is 4.90 Å². The molecule has 106 valence electrons. The molecule has 1 rings (SSSR count). The van der Waals surface area contributed by atoms with Crippen LogP contribution in [-0.2, 0) is 14.8 Å². The minimum atomic E-state index is -3.97. The van der Waals surface area contributed by atoms with E-state index in [9.17, 15) is 13.2 Å².